The van der Waals surface area contributed by atoms with Gasteiger partial charge >= 0.3 is 0 Å². The van der Waals surface area contributed by atoms with Crippen molar-refractivity contribution >= 4 is 0 Å². The summed E-state index contributed by atoms with van der Waals surface area (Å²) in [6.07, 6.45) is 3.16. The SMILES string of the molecule is NCc1cnc(C2COc3ccccc3O2)nc1. The summed E-state index contributed by atoms with van der Waals surface area (Å²) in [5.74, 6) is 2.09. The molecule has 2 aromatic rings. The fourth-order valence-electron chi connectivity index (χ4n) is 1.78. The third kappa shape index (κ3) is 2.00. The lowest BCUT2D eigenvalue weighted by molar-refractivity contribution is 0.0850. The Balaban J connectivity index is 1.82. The monoisotopic (exact) mass is 243 g/mol. The van der Waals surface area contributed by atoms with Crippen LogP contribution in [-0.4, -0.2) is 16.6 Å². The van der Waals surface area contributed by atoms with E-state index in [9.17, 15) is 0 Å². The Morgan fingerprint density at radius 1 is 1.17 bits per heavy atom. The fraction of sp³-hybridized carbons (Fsp3) is 0.231. The van der Waals surface area contributed by atoms with E-state index < -0.39 is 0 Å². The van der Waals surface area contributed by atoms with Crippen LogP contribution in [0.2, 0.25) is 0 Å². The molecule has 2 heterocycles. The molecule has 0 aliphatic carbocycles. The summed E-state index contributed by atoms with van der Waals surface area (Å²) in [6.45, 7) is 0.851. The molecule has 0 radical (unpaired) electrons. The van der Waals surface area contributed by atoms with Crippen LogP contribution in [0, 0.1) is 0 Å². The first kappa shape index (κ1) is 11.0. The van der Waals surface area contributed by atoms with Crippen LogP contribution in [0.25, 0.3) is 0 Å². The van der Waals surface area contributed by atoms with Gasteiger partial charge in [-0.25, -0.2) is 9.97 Å². The maximum atomic E-state index is 5.81. The molecule has 1 unspecified atom stereocenters. The zero-order valence-electron chi connectivity index (χ0n) is 9.74. The molecule has 0 bridgehead atoms. The van der Waals surface area contributed by atoms with E-state index in [0.717, 1.165) is 17.1 Å². The van der Waals surface area contributed by atoms with Crippen molar-refractivity contribution < 1.29 is 9.47 Å². The standard InChI is InChI=1S/C13H13N3O2/c14-5-9-6-15-13(16-7-9)12-8-17-10-3-1-2-4-11(10)18-12/h1-4,6-7,12H,5,8,14H2. The zero-order chi connectivity index (χ0) is 12.4. The molecule has 1 aromatic heterocycles. The molecule has 1 aliphatic rings. The minimum absolute atomic E-state index is 0.272. The van der Waals surface area contributed by atoms with Crippen LogP contribution >= 0.6 is 0 Å². The van der Waals surface area contributed by atoms with Crippen molar-refractivity contribution in [2.24, 2.45) is 5.73 Å². The molecule has 0 saturated heterocycles. The average molecular weight is 243 g/mol. The van der Waals surface area contributed by atoms with Gasteiger partial charge in [-0.2, -0.15) is 0 Å². The predicted molar refractivity (Wildman–Crippen MR) is 65.2 cm³/mol. The van der Waals surface area contributed by atoms with E-state index >= 15 is 0 Å². The van der Waals surface area contributed by atoms with Crippen molar-refractivity contribution in [2.45, 2.75) is 12.6 Å². The van der Waals surface area contributed by atoms with Gasteiger partial charge in [-0.1, -0.05) is 12.1 Å². The molecule has 0 amide bonds. The number of hydrogen-bond donors (Lipinski definition) is 1. The fourth-order valence-corrected chi connectivity index (χ4v) is 1.78. The van der Waals surface area contributed by atoms with Crippen LogP contribution in [0.4, 0.5) is 0 Å². The molecule has 5 heteroatoms. The normalized spacial score (nSPS) is 17.5. The molecular formula is C13H13N3O2. The van der Waals surface area contributed by atoms with Gasteiger partial charge in [-0.3, -0.25) is 0 Å². The van der Waals surface area contributed by atoms with Gasteiger partial charge in [0.2, 0.25) is 0 Å². The highest BCUT2D eigenvalue weighted by molar-refractivity contribution is 5.40. The lowest BCUT2D eigenvalue weighted by atomic mass is 10.2. The number of benzene rings is 1. The van der Waals surface area contributed by atoms with Gasteiger partial charge in [0.25, 0.3) is 0 Å². The van der Waals surface area contributed by atoms with Crippen molar-refractivity contribution in [1.82, 2.24) is 9.97 Å². The minimum Gasteiger partial charge on any atom is -0.485 e. The Bertz CT molecular complexity index is 542. The van der Waals surface area contributed by atoms with Gasteiger partial charge in [0.1, 0.15) is 6.61 Å². The average Bonchev–Trinajstić information content (AvgIpc) is 2.47. The number of fused-ring (bicyclic) bond motifs is 1. The summed E-state index contributed by atoms with van der Waals surface area (Å²) >= 11 is 0. The number of para-hydroxylation sites is 2. The Morgan fingerprint density at radius 2 is 1.89 bits per heavy atom. The number of aromatic nitrogens is 2. The topological polar surface area (TPSA) is 70.3 Å². The largest absolute Gasteiger partial charge is 0.485 e. The smallest absolute Gasteiger partial charge is 0.192 e. The van der Waals surface area contributed by atoms with Crippen LogP contribution in [0.5, 0.6) is 11.5 Å². The molecular weight excluding hydrogens is 230 g/mol. The Morgan fingerprint density at radius 3 is 2.61 bits per heavy atom. The number of rotatable bonds is 2. The van der Waals surface area contributed by atoms with Crippen molar-refractivity contribution in [1.29, 1.82) is 0 Å². The lowest BCUT2D eigenvalue weighted by Crippen LogP contribution is -2.23. The van der Waals surface area contributed by atoms with Gasteiger partial charge in [-0.15, -0.1) is 0 Å². The minimum atomic E-state index is -0.272. The molecule has 1 aliphatic heterocycles. The van der Waals surface area contributed by atoms with Crippen molar-refractivity contribution in [3.05, 3.63) is 48.0 Å². The number of nitrogens with zero attached hydrogens (tertiary/aromatic N) is 2. The summed E-state index contributed by atoms with van der Waals surface area (Å²) in [6, 6.07) is 7.57. The lowest BCUT2D eigenvalue weighted by Gasteiger charge is -2.25. The third-order valence-electron chi connectivity index (χ3n) is 2.76. The first-order valence-corrected chi connectivity index (χ1v) is 5.76. The second-order valence-electron chi connectivity index (χ2n) is 4.02. The molecule has 1 aromatic carbocycles. The van der Waals surface area contributed by atoms with Crippen LogP contribution in [0.3, 0.4) is 0 Å². The maximum Gasteiger partial charge on any atom is 0.192 e. The highest BCUT2D eigenvalue weighted by atomic mass is 16.6. The van der Waals surface area contributed by atoms with Crippen LogP contribution in [0.15, 0.2) is 36.7 Å². The molecule has 1 atom stereocenters. The molecule has 0 spiro atoms. The van der Waals surface area contributed by atoms with Crippen LogP contribution in [0.1, 0.15) is 17.5 Å². The van der Waals surface area contributed by atoms with E-state index in [0.29, 0.717) is 19.0 Å². The van der Waals surface area contributed by atoms with E-state index in [-0.39, 0.29) is 6.10 Å². The molecule has 92 valence electrons. The molecule has 18 heavy (non-hydrogen) atoms. The van der Waals surface area contributed by atoms with E-state index in [1.165, 1.54) is 0 Å². The van der Waals surface area contributed by atoms with Crippen molar-refractivity contribution in [2.75, 3.05) is 6.61 Å². The van der Waals surface area contributed by atoms with Gasteiger partial charge in [-0.05, 0) is 12.1 Å². The molecule has 2 N–H and O–H groups in total. The first-order chi connectivity index (χ1) is 8.86. The number of ether oxygens (including phenoxy) is 2. The van der Waals surface area contributed by atoms with Gasteiger partial charge in [0.15, 0.2) is 23.4 Å². The Kier molecular flexibility index (Phi) is 2.82. The van der Waals surface area contributed by atoms with E-state index in [1.54, 1.807) is 12.4 Å². The third-order valence-corrected chi connectivity index (χ3v) is 2.76. The highest BCUT2D eigenvalue weighted by Crippen LogP contribution is 2.34. The maximum absolute atomic E-state index is 5.81. The van der Waals surface area contributed by atoms with Crippen LogP contribution < -0.4 is 15.2 Å². The second-order valence-corrected chi connectivity index (χ2v) is 4.02. The summed E-state index contributed by atoms with van der Waals surface area (Å²) in [7, 11) is 0. The quantitative estimate of drug-likeness (QED) is 0.864. The number of nitrogens with two attached hydrogens (primary N) is 1. The van der Waals surface area contributed by atoms with E-state index in [4.69, 9.17) is 15.2 Å². The molecule has 0 fully saturated rings. The Labute approximate surface area is 105 Å². The summed E-state index contributed by atoms with van der Waals surface area (Å²) in [4.78, 5) is 8.50. The zero-order valence-corrected chi connectivity index (χ0v) is 9.74. The van der Waals surface area contributed by atoms with Gasteiger partial charge < -0.3 is 15.2 Å². The Hall–Kier alpha value is -2.14. The first-order valence-electron chi connectivity index (χ1n) is 5.76. The van der Waals surface area contributed by atoms with Gasteiger partial charge in [0, 0.05) is 24.5 Å². The summed E-state index contributed by atoms with van der Waals surface area (Å²) in [5, 5.41) is 0. The predicted octanol–water partition coefficient (Wildman–Crippen LogP) is 1.45. The van der Waals surface area contributed by atoms with Crippen molar-refractivity contribution in [3.63, 3.8) is 0 Å². The summed E-state index contributed by atoms with van der Waals surface area (Å²) in [5.41, 5.74) is 6.40. The second kappa shape index (κ2) is 4.62. The summed E-state index contributed by atoms with van der Waals surface area (Å²) < 4.78 is 11.4. The van der Waals surface area contributed by atoms with E-state index in [2.05, 4.69) is 9.97 Å². The van der Waals surface area contributed by atoms with Crippen LogP contribution in [-0.2, 0) is 6.54 Å². The highest BCUT2D eigenvalue weighted by Gasteiger charge is 2.24. The van der Waals surface area contributed by atoms with E-state index in [1.807, 2.05) is 24.3 Å². The molecule has 3 rings (SSSR count). The van der Waals surface area contributed by atoms with Crippen molar-refractivity contribution in [3.8, 4) is 11.5 Å². The number of hydrogen-bond acceptors (Lipinski definition) is 5. The molecule has 5 nitrogen and oxygen atoms in total. The molecule has 0 saturated carbocycles. The van der Waals surface area contributed by atoms with Gasteiger partial charge in [0.05, 0.1) is 0 Å².